The Morgan fingerprint density at radius 2 is 2.23 bits per heavy atom. The van der Waals surface area contributed by atoms with Crippen molar-refractivity contribution in [3.63, 3.8) is 0 Å². The van der Waals surface area contributed by atoms with Crippen LogP contribution in [0.4, 0.5) is 0 Å². The summed E-state index contributed by atoms with van der Waals surface area (Å²) in [6.45, 7) is 10.6. The Labute approximate surface area is 81.6 Å². The third-order valence-electron chi connectivity index (χ3n) is 2.11. The monoisotopic (exact) mass is 180 g/mol. The molecule has 13 heavy (non-hydrogen) atoms. The van der Waals surface area contributed by atoms with Crippen LogP contribution in [0.5, 0.6) is 0 Å². The molecule has 1 unspecified atom stereocenters. The second-order valence-corrected chi connectivity index (χ2v) is 4.05. The Morgan fingerprint density at radius 1 is 1.62 bits per heavy atom. The molecule has 1 N–H and O–H groups in total. The van der Waals surface area contributed by atoms with E-state index in [2.05, 4.69) is 31.8 Å². The van der Waals surface area contributed by atoms with E-state index in [1.54, 1.807) is 6.08 Å². The number of nitrogens with zero attached hydrogens (tertiary/aromatic N) is 1. The molecule has 1 atom stereocenters. The van der Waals surface area contributed by atoms with Crippen LogP contribution in [0.25, 0.3) is 0 Å². The lowest BCUT2D eigenvalue weighted by atomic mass is 9.93. The summed E-state index contributed by atoms with van der Waals surface area (Å²) < 4.78 is 0. The highest BCUT2D eigenvalue weighted by Crippen LogP contribution is 2.15. The summed E-state index contributed by atoms with van der Waals surface area (Å²) in [6.07, 6.45) is 3.76. The topological polar surface area (TPSA) is 35.8 Å². The second kappa shape index (κ2) is 5.77. The predicted molar refractivity (Wildman–Crippen MR) is 56.3 cm³/mol. The molecule has 0 aliphatic heterocycles. The summed E-state index contributed by atoms with van der Waals surface area (Å²) in [4.78, 5) is 0. The van der Waals surface area contributed by atoms with Gasteiger partial charge in [0.15, 0.2) is 0 Å². The molecular formula is C11H20N2. The van der Waals surface area contributed by atoms with E-state index in [0.717, 1.165) is 12.8 Å². The molecule has 0 rings (SSSR count). The number of hydrogen-bond donors (Lipinski definition) is 1. The molecule has 0 amide bonds. The highest BCUT2D eigenvalue weighted by atomic mass is 14.9. The molecule has 74 valence electrons. The van der Waals surface area contributed by atoms with E-state index in [0.29, 0.717) is 12.5 Å². The van der Waals surface area contributed by atoms with Gasteiger partial charge in [0.1, 0.15) is 5.54 Å². The molecule has 0 aromatic heterocycles. The van der Waals surface area contributed by atoms with Gasteiger partial charge in [-0.2, -0.15) is 5.26 Å². The minimum atomic E-state index is -0.390. The fourth-order valence-corrected chi connectivity index (χ4v) is 1.06. The molecule has 2 heteroatoms. The zero-order valence-electron chi connectivity index (χ0n) is 8.93. The number of rotatable bonds is 6. The van der Waals surface area contributed by atoms with Crippen LogP contribution in [-0.2, 0) is 0 Å². The first kappa shape index (κ1) is 12.2. The average molecular weight is 180 g/mol. The Balaban J connectivity index is 3.97. The molecule has 0 aromatic rings. The second-order valence-electron chi connectivity index (χ2n) is 4.05. The molecule has 0 radical (unpaired) electrons. The minimum absolute atomic E-state index is 0.390. The Hall–Kier alpha value is -0.810. The standard InChI is InChI=1S/C11H20N2/c1-5-8-13-11(4,9-12)7-6-10(2)3/h5,10,13H,1,6-8H2,2-4H3. The third kappa shape index (κ3) is 5.43. The van der Waals surface area contributed by atoms with Gasteiger partial charge < -0.3 is 0 Å². The fourth-order valence-electron chi connectivity index (χ4n) is 1.06. The Kier molecular flexibility index (Phi) is 5.41. The van der Waals surface area contributed by atoms with Crippen molar-refractivity contribution in [3.8, 4) is 6.07 Å². The predicted octanol–water partition coefficient (Wildman–Crippen LogP) is 2.48. The zero-order chi connectivity index (χ0) is 10.3. The van der Waals surface area contributed by atoms with Gasteiger partial charge in [0.25, 0.3) is 0 Å². The van der Waals surface area contributed by atoms with Gasteiger partial charge in [-0.05, 0) is 25.7 Å². The van der Waals surface area contributed by atoms with Gasteiger partial charge in [-0.15, -0.1) is 6.58 Å². The van der Waals surface area contributed by atoms with Crippen LogP contribution in [0.15, 0.2) is 12.7 Å². The molecule has 0 aromatic carbocycles. The highest BCUT2D eigenvalue weighted by Gasteiger charge is 2.21. The summed E-state index contributed by atoms with van der Waals surface area (Å²) >= 11 is 0. The normalized spacial score (nSPS) is 15.0. The van der Waals surface area contributed by atoms with Crippen molar-refractivity contribution in [2.45, 2.75) is 39.2 Å². The van der Waals surface area contributed by atoms with Gasteiger partial charge in [-0.1, -0.05) is 19.9 Å². The van der Waals surface area contributed by atoms with E-state index in [1.807, 2.05) is 6.92 Å². The summed E-state index contributed by atoms with van der Waals surface area (Å²) in [5.74, 6) is 0.651. The molecular weight excluding hydrogens is 160 g/mol. The summed E-state index contributed by atoms with van der Waals surface area (Å²) in [5, 5.41) is 12.1. The van der Waals surface area contributed by atoms with Crippen molar-refractivity contribution < 1.29 is 0 Å². The smallest absolute Gasteiger partial charge is 0.104 e. The molecule has 0 aliphatic rings. The minimum Gasteiger partial charge on any atom is -0.296 e. The van der Waals surface area contributed by atoms with Crippen molar-refractivity contribution in [2.24, 2.45) is 5.92 Å². The molecule has 2 nitrogen and oxygen atoms in total. The average Bonchev–Trinajstić information content (AvgIpc) is 2.11. The molecule has 0 aliphatic carbocycles. The van der Waals surface area contributed by atoms with Crippen LogP contribution in [0, 0.1) is 17.2 Å². The molecule has 0 heterocycles. The Morgan fingerprint density at radius 3 is 2.62 bits per heavy atom. The fraction of sp³-hybridized carbons (Fsp3) is 0.727. The van der Waals surface area contributed by atoms with Crippen LogP contribution >= 0.6 is 0 Å². The first-order valence-corrected chi connectivity index (χ1v) is 4.81. The number of nitrogens with one attached hydrogen (secondary N) is 1. The maximum atomic E-state index is 8.98. The van der Waals surface area contributed by atoms with Gasteiger partial charge in [0, 0.05) is 6.54 Å². The zero-order valence-corrected chi connectivity index (χ0v) is 8.93. The first-order chi connectivity index (χ1) is 6.04. The van der Waals surface area contributed by atoms with Crippen molar-refractivity contribution in [3.05, 3.63) is 12.7 Å². The molecule has 0 bridgehead atoms. The summed E-state index contributed by atoms with van der Waals surface area (Å²) in [5.41, 5.74) is -0.390. The third-order valence-corrected chi connectivity index (χ3v) is 2.11. The quantitative estimate of drug-likeness (QED) is 0.637. The Bertz CT molecular complexity index is 191. The maximum Gasteiger partial charge on any atom is 0.104 e. The SMILES string of the molecule is C=CCNC(C)(C#N)CCC(C)C. The molecule has 0 spiro atoms. The van der Waals surface area contributed by atoms with Crippen LogP contribution in [0.3, 0.4) is 0 Å². The van der Waals surface area contributed by atoms with E-state index in [4.69, 9.17) is 5.26 Å². The largest absolute Gasteiger partial charge is 0.296 e. The lowest BCUT2D eigenvalue weighted by molar-refractivity contribution is 0.392. The lowest BCUT2D eigenvalue weighted by Gasteiger charge is -2.23. The summed E-state index contributed by atoms with van der Waals surface area (Å²) in [7, 11) is 0. The van der Waals surface area contributed by atoms with Gasteiger partial charge in [0.2, 0.25) is 0 Å². The van der Waals surface area contributed by atoms with E-state index in [9.17, 15) is 0 Å². The van der Waals surface area contributed by atoms with Crippen LogP contribution in [0.1, 0.15) is 33.6 Å². The van der Waals surface area contributed by atoms with E-state index in [-0.39, 0.29) is 0 Å². The van der Waals surface area contributed by atoms with Gasteiger partial charge in [0.05, 0.1) is 6.07 Å². The van der Waals surface area contributed by atoms with Crippen molar-refractivity contribution >= 4 is 0 Å². The molecule has 0 saturated carbocycles. The summed E-state index contributed by atoms with van der Waals surface area (Å²) in [6, 6.07) is 2.31. The van der Waals surface area contributed by atoms with E-state index in [1.165, 1.54) is 0 Å². The van der Waals surface area contributed by atoms with Crippen molar-refractivity contribution in [1.82, 2.24) is 5.32 Å². The molecule has 0 fully saturated rings. The van der Waals surface area contributed by atoms with Gasteiger partial charge >= 0.3 is 0 Å². The van der Waals surface area contributed by atoms with Crippen LogP contribution < -0.4 is 5.32 Å². The maximum absolute atomic E-state index is 8.98. The first-order valence-electron chi connectivity index (χ1n) is 4.81. The highest BCUT2D eigenvalue weighted by molar-refractivity contribution is 5.04. The molecule has 0 saturated heterocycles. The van der Waals surface area contributed by atoms with Crippen LogP contribution in [0.2, 0.25) is 0 Å². The van der Waals surface area contributed by atoms with E-state index < -0.39 is 5.54 Å². The lowest BCUT2D eigenvalue weighted by Crippen LogP contribution is -2.41. The van der Waals surface area contributed by atoms with Gasteiger partial charge in [-0.3, -0.25) is 5.32 Å². The number of hydrogen-bond acceptors (Lipinski definition) is 2. The van der Waals surface area contributed by atoms with Crippen molar-refractivity contribution in [2.75, 3.05) is 6.54 Å². The van der Waals surface area contributed by atoms with Crippen LogP contribution in [-0.4, -0.2) is 12.1 Å². The van der Waals surface area contributed by atoms with Gasteiger partial charge in [-0.25, -0.2) is 0 Å². The number of nitriles is 1. The van der Waals surface area contributed by atoms with Crippen molar-refractivity contribution in [1.29, 1.82) is 5.26 Å². The van der Waals surface area contributed by atoms with E-state index >= 15 is 0 Å².